The molecule has 5 aromatic heterocycles. The fourth-order valence-electron chi connectivity index (χ4n) is 8.11. The maximum Gasteiger partial charge on any atom is 0.140 e. The summed E-state index contributed by atoms with van der Waals surface area (Å²) in [5, 5.41) is 4.22. The number of nitrogens with zero attached hydrogens (tertiary/aromatic N) is 6. The summed E-state index contributed by atoms with van der Waals surface area (Å²) in [6.45, 7) is -0.274. The molecule has 6 aromatic carbocycles. The van der Waals surface area contributed by atoms with Gasteiger partial charge in [0.1, 0.15) is 34.6 Å². The molecule has 0 aliphatic heterocycles. The number of fused-ring (bicyclic) bond motifs is 6. The molecule has 0 bridgehead atoms. The highest BCUT2D eigenvalue weighted by Gasteiger charge is 2.17. The van der Waals surface area contributed by atoms with Gasteiger partial charge in [-0.25, -0.2) is 9.97 Å². The van der Waals surface area contributed by atoms with Crippen LogP contribution >= 0.6 is 0 Å². The van der Waals surface area contributed by atoms with Gasteiger partial charge in [-0.05, 0) is 97.7 Å². The molecule has 0 atom stereocenters. The van der Waals surface area contributed by atoms with Crippen molar-refractivity contribution in [2.45, 2.75) is 13.8 Å². The van der Waals surface area contributed by atoms with Crippen LogP contribution in [0.3, 0.4) is 0 Å². The highest BCUT2D eigenvalue weighted by atomic mass is 16.5. The van der Waals surface area contributed by atoms with Crippen LogP contribution in [0.5, 0.6) is 23.0 Å². The lowest BCUT2D eigenvalue weighted by Gasteiger charge is -2.11. The molecule has 11 rings (SSSR count). The molecular weight excluding hydrogens is 741 g/mol. The quantitative estimate of drug-likeness (QED) is 0.153. The van der Waals surface area contributed by atoms with E-state index in [9.17, 15) is 0 Å². The van der Waals surface area contributed by atoms with E-state index < -0.39 is 6.85 Å². The van der Waals surface area contributed by atoms with E-state index in [1.54, 1.807) is 30.7 Å². The van der Waals surface area contributed by atoms with Crippen LogP contribution in [0.4, 0.5) is 0 Å². The minimum absolute atomic E-state index is 0.172. The predicted octanol–water partition coefficient (Wildman–Crippen LogP) is 13.0. The molecule has 0 fully saturated rings. The Kier molecular flexibility index (Phi) is 7.65. The molecule has 0 aliphatic rings. The molecule has 0 radical (unpaired) electrons. The summed E-state index contributed by atoms with van der Waals surface area (Å²) in [5.74, 6) is 3.83. The van der Waals surface area contributed by atoms with Gasteiger partial charge in [-0.15, -0.1) is 0 Å². The zero-order chi connectivity index (χ0) is 42.7. The average molecular weight is 780 g/mol. The molecule has 0 amide bonds. The third-order valence-electron chi connectivity index (χ3n) is 10.9. The van der Waals surface area contributed by atoms with E-state index in [1.165, 1.54) is 0 Å². The van der Waals surface area contributed by atoms with Crippen LogP contribution in [-0.2, 0) is 0 Å². The second-order valence-corrected chi connectivity index (χ2v) is 14.6. The Balaban J connectivity index is 0.858. The van der Waals surface area contributed by atoms with Gasteiger partial charge in [-0.2, -0.15) is 0 Å². The molecule has 8 heteroatoms. The Morgan fingerprint density at radius 1 is 0.417 bits per heavy atom. The molecule has 0 N–H and O–H groups in total. The summed E-state index contributed by atoms with van der Waals surface area (Å²) in [6.07, 6.45) is 6.96. The fourth-order valence-corrected chi connectivity index (χ4v) is 8.11. The maximum atomic E-state index is 8.22. The largest absolute Gasteiger partial charge is 0.457 e. The predicted molar refractivity (Wildman–Crippen MR) is 240 cm³/mol. The molecule has 11 aromatic rings. The summed E-state index contributed by atoms with van der Waals surface area (Å²) in [7, 11) is 0. The maximum absolute atomic E-state index is 8.22. The first-order chi connectivity index (χ1) is 30.8. The van der Waals surface area contributed by atoms with Gasteiger partial charge >= 0.3 is 0 Å². The lowest BCUT2D eigenvalue weighted by Crippen LogP contribution is -1.99. The normalized spacial score (nSPS) is 12.4. The van der Waals surface area contributed by atoms with Gasteiger partial charge in [0.25, 0.3) is 0 Å². The highest BCUT2D eigenvalue weighted by Crippen LogP contribution is 2.38. The number of para-hydroxylation sites is 2. The first-order valence-electron chi connectivity index (χ1n) is 21.1. The van der Waals surface area contributed by atoms with Crippen molar-refractivity contribution in [3.8, 4) is 57.1 Å². The van der Waals surface area contributed by atoms with Gasteiger partial charge in [0.15, 0.2) is 0 Å². The van der Waals surface area contributed by atoms with Crippen molar-refractivity contribution >= 4 is 43.6 Å². The van der Waals surface area contributed by atoms with Gasteiger partial charge in [-0.1, -0.05) is 72.8 Å². The fraction of sp³-hybridized carbons (Fsp3) is 0.0385. The van der Waals surface area contributed by atoms with Crippen molar-refractivity contribution in [3.63, 3.8) is 0 Å². The van der Waals surface area contributed by atoms with E-state index in [-0.39, 0.29) is 5.56 Å². The van der Waals surface area contributed by atoms with Crippen LogP contribution in [0.2, 0.25) is 0 Å². The van der Waals surface area contributed by atoms with Crippen molar-refractivity contribution in [2.24, 2.45) is 0 Å². The van der Waals surface area contributed by atoms with Crippen LogP contribution in [0.25, 0.3) is 77.8 Å². The van der Waals surface area contributed by atoms with E-state index in [4.69, 9.17) is 28.5 Å². The Morgan fingerprint density at radius 2 is 0.883 bits per heavy atom. The first kappa shape index (κ1) is 31.9. The standard InChI is InChI=1S/C52H36N6O2/c1-33-11-9-25-53-51(33)57-47-19-5-3-17-41(47)43-23-21-39(29-49(43)57)59-37-15-7-13-35(27-37)45-31-56-46(32-55-45)36-14-8-16-38(28-36)60-40-22-24-44-42-18-4-6-20-48(42)58(50(44)30-40)52-34(2)12-10-26-54-52/h3-32H,1-2H3/i1D3. The number of hydrogen-bond donors (Lipinski definition) is 0. The zero-order valence-electron chi connectivity index (χ0n) is 35.3. The third-order valence-corrected chi connectivity index (χ3v) is 10.9. The molecule has 0 spiro atoms. The number of aryl methyl sites for hydroxylation is 2. The van der Waals surface area contributed by atoms with E-state index in [1.807, 2.05) is 114 Å². The molecule has 5 heterocycles. The first-order valence-corrected chi connectivity index (χ1v) is 19.6. The average Bonchev–Trinajstić information content (AvgIpc) is 3.81. The Hall–Kier alpha value is -8.10. The van der Waals surface area contributed by atoms with Gasteiger partial charge < -0.3 is 9.47 Å². The number of pyridine rings is 2. The Morgan fingerprint density at radius 3 is 1.40 bits per heavy atom. The van der Waals surface area contributed by atoms with Crippen molar-refractivity contribution in [1.29, 1.82) is 0 Å². The molecule has 0 saturated carbocycles. The third kappa shape index (κ3) is 6.10. The van der Waals surface area contributed by atoms with Gasteiger partial charge in [0.05, 0.1) is 45.8 Å². The van der Waals surface area contributed by atoms with Crippen LogP contribution in [0.1, 0.15) is 15.2 Å². The topological polar surface area (TPSA) is 79.9 Å². The molecule has 0 unspecified atom stereocenters. The summed E-state index contributed by atoms with van der Waals surface area (Å²) in [6, 6.07) is 51.1. The SMILES string of the molecule is [2H]C([2H])([2H])c1cccnc1-n1c2ccccc2c2ccc(Oc3cccc(-c4cnc(-c5cccc(Oc6ccc7c8ccccc8n(-c8ncccc8C)c7c6)c5)cn4)c3)cc21. The smallest absolute Gasteiger partial charge is 0.140 e. The number of benzene rings is 6. The van der Waals surface area contributed by atoms with E-state index in [0.29, 0.717) is 40.2 Å². The van der Waals surface area contributed by atoms with Crippen LogP contribution < -0.4 is 9.47 Å². The lowest BCUT2D eigenvalue weighted by molar-refractivity contribution is 0.483. The number of aromatic nitrogens is 6. The molecule has 0 aliphatic carbocycles. The summed E-state index contributed by atoms with van der Waals surface area (Å²) in [4.78, 5) is 18.9. The molecule has 60 heavy (non-hydrogen) atoms. The van der Waals surface area contributed by atoms with Gasteiger partial charge in [0.2, 0.25) is 0 Å². The molecule has 0 saturated heterocycles. The summed E-state index contributed by atoms with van der Waals surface area (Å²) < 4.78 is 41.7. The zero-order valence-corrected chi connectivity index (χ0v) is 32.3. The second kappa shape index (κ2) is 14.4. The minimum Gasteiger partial charge on any atom is -0.457 e. The van der Waals surface area contributed by atoms with Crippen molar-refractivity contribution in [2.75, 3.05) is 0 Å². The van der Waals surface area contributed by atoms with Crippen LogP contribution in [0, 0.1) is 13.8 Å². The minimum atomic E-state index is -2.35. The number of hydrogen-bond acceptors (Lipinski definition) is 6. The second-order valence-electron chi connectivity index (χ2n) is 14.6. The number of ether oxygens (including phenoxy) is 2. The Bertz CT molecular complexity index is 3540. The highest BCUT2D eigenvalue weighted by molar-refractivity contribution is 6.10. The molecule has 8 nitrogen and oxygen atoms in total. The molecule has 286 valence electrons. The van der Waals surface area contributed by atoms with E-state index >= 15 is 0 Å². The van der Waals surface area contributed by atoms with Crippen LogP contribution in [-0.4, -0.2) is 29.1 Å². The summed E-state index contributed by atoms with van der Waals surface area (Å²) >= 11 is 0. The van der Waals surface area contributed by atoms with Gasteiger partial charge in [-0.3, -0.25) is 19.1 Å². The van der Waals surface area contributed by atoms with Crippen molar-refractivity contribution < 1.29 is 13.6 Å². The number of rotatable bonds is 8. The van der Waals surface area contributed by atoms with Crippen LogP contribution in [0.15, 0.2) is 183 Å². The monoisotopic (exact) mass is 779 g/mol. The van der Waals surface area contributed by atoms with E-state index in [0.717, 1.165) is 66.1 Å². The van der Waals surface area contributed by atoms with Crippen molar-refractivity contribution in [3.05, 3.63) is 194 Å². The van der Waals surface area contributed by atoms with Crippen molar-refractivity contribution in [1.82, 2.24) is 29.1 Å². The lowest BCUT2D eigenvalue weighted by atomic mass is 10.1. The molecular formula is C52H36N6O2. The van der Waals surface area contributed by atoms with Gasteiger partial charge in [0, 0.05) is 61.3 Å². The Labute approximate surface area is 349 Å². The van der Waals surface area contributed by atoms with E-state index in [2.05, 4.69) is 58.9 Å². The summed E-state index contributed by atoms with van der Waals surface area (Å²) in [5.41, 5.74) is 8.09.